The first-order chi connectivity index (χ1) is 38.4. The van der Waals surface area contributed by atoms with Crippen molar-refractivity contribution in [3.8, 4) is 29.6 Å². The molecule has 0 unspecified atom stereocenters. The Balaban J connectivity index is 0.000000251. The minimum atomic E-state index is -1.42. The number of hydrogen-bond acceptors (Lipinski definition) is 16. The molecule has 17 nitrogen and oxygen atoms in total. The molecule has 6 atom stereocenters. The van der Waals surface area contributed by atoms with Gasteiger partial charge in [0.25, 0.3) is 0 Å². The molecule has 0 saturated heterocycles. The number of halogens is 5. The molecular formula is C57H65ClF4N10O7S2Si. The minimum Gasteiger partial charge on any atom is -0.463 e. The molecule has 436 valence electrons. The summed E-state index contributed by atoms with van der Waals surface area (Å²) >= 11 is 7.95. The summed E-state index contributed by atoms with van der Waals surface area (Å²) in [6.07, 6.45) is 7.39. The molecule has 0 spiro atoms. The van der Waals surface area contributed by atoms with E-state index in [2.05, 4.69) is 68.3 Å². The zero-order chi connectivity index (χ0) is 60.6. The third kappa shape index (κ3) is 15.4. The van der Waals surface area contributed by atoms with Crippen LogP contribution in [0.2, 0.25) is 30.8 Å². The van der Waals surface area contributed by atoms with Gasteiger partial charge in [-0.15, -0.1) is 11.8 Å². The van der Waals surface area contributed by atoms with Crippen LogP contribution in [0.5, 0.6) is 5.88 Å². The molecule has 2 aromatic carbocycles. The lowest BCUT2D eigenvalue weighted by atomic mass is 9.84. The van der Waals surface area contributed by atoms with Crippen LogP contribution in [0.25, 0.3) is 23.8 Å². The normalized spacial score (nSPS) is 23.3. The van der Waals surface area contributed by atoms with E-state index >= 15 is 8.78 Å². The number of aromatic nitrogens is 4. The Morgan fingerprint density at radius 2 is 1.34 bits per heavy atom. The van der Waals surface area contributed by atoms with Crippen LogP contribution in [-0.2, 0) is 30.1 Å². The predicted molar refractivity (Wildman–Crippen MR) is 315 cm³/mol. The molecule has 4 heterocycles. The van der Waals surface area contributed by atoms with Crippen LogP contribution in [0, 0.1) is 47.2 Å². The summed E-state index contributed by atoms with van der Waals surface area (Å²) in [5, 5.41) is 8.31. The van der Waals surface area contributed by atoms with Crippen LogP contribution in [0.15, 0.2) is 71.2 Å². The fourth-order valence-corrected chi connectivity index (χ4v) is 12.7. The van der Waals surface area contributed by atoms with E-state index in [0.29, 0.717) is 30.6 Å². The lowest BCUT2D eigenvalue weighted by Crippen LogP contribution is -2.48. The number of nitrogens with two attached hydrogens (primary N) is 3. The molecule has 25 heteroatoms. The number of aliphatic hydroxyl groups excluding tert-OH is 1. The molecular weight excluding hydrogens is 1140 g/mol. The van der Waals surface area contributed by atoms with Crippen LogP contribution in [0.3, 0.4) is 0 Å². The zero-order valence-electron chi connectivity index (χ0n) is 47.0. The molecule has 2 fully saturated rings. The number of nitrogens with zero attached hydrogens (tertiary/aromatic N) is 7. The summed E-state index contributed by atoms with van der Waals surface area (Å²) in [7, 11) is -1.42. The van der Waals surface area contributed by atoms with Gasteiger partial charge < -0.3 is 36.5 Å². The van der Waals surface area contributed by atoms with Crippen LogP contribution in [0.1, 0.15) is 94.9 Å². The predicted octanol–water partition coefficient (Wildman–Crippen LogP) is 9.86. The molecule has 2 saturated carbocycles. The second-order valence-electron chi connectivity index (χ2n) is 21.8. The molecule has 0 bridgehead atoms. The largest absolute Gasteiger partial charge is 0.463 e. The van der Waals surface area contributed by atoms with Crippen molar-refractivity contribution in [2.45, 2.75) is 113 Å². The number of aliphatic imine (C=N–C) groups is 2. The van der Waals surface area contributed by atoms with Gasteiger partial charge in [-0.3, -0.25) is 19.6 Å². The van der Waals surface area contributed by atoms with E-state index in [1.165, 1.54) is 78.2 Å². The van der Waals surface area contributed by atoms with Crippen LogP contribution in [-0.4, -0.2) is 108 Å². The molecule has 2 aliphatic carbocycles. The lowest BCUT2D eigenvalue weighted by molar-refractivity contribution is -0.119. The first-order valence-corrected chi connectivity index (χ1v) is 31.4. The van der Waals surface area contributed by atoms with Gasteiger partial charge in [0.15, 0.2) is 28.6 Å². The Morgan fingerprint density at radius 3 is 1.79 bits per heavy atom. The molecule has 2 aliphatic heterocycles. The minimum absolute atomic E-state index is 0.00715. The second kappa shape index (κ2) is 26.2. The lowest BCUT2D eigenvalue weighted by Gasteiger charge is -2.37. The zero-order valence-corrected chi connectivity index (χ0v) is 50.4. The third-order valence-corrected chi connectivity index (χ3v) is 18.2. The van der Waals surface area contributed by atoms with Crippen molar-refractivity contribution >= 4 is 95.2 Å². The van der Waals surface area contributed by atoms with Crippen molar-refractivity contribution in [2.75, 3.05) is 26.6 Å². The monoisotopic (exact) mass is 1200 g/mol. The van der Waals surface area contributed by atoms with E-state index in [-0.39, 0.29) is 69.7 Å². The standard InChI is InChI=1S/C30H38ClF2N5O4SSi.C23H21F2N5O2S.C4H6O/c1-28(2,3)42-27(40)38(17-41-10-11-44(5,6)7)26-37-29(4,23-14-30(23,43-26)25(34)39)19-12-18(8-9-20(19)32)13-21(33)22-15-36-24(31)16-35-22;1-3-4-7-32-19-12-28-17(11-29-19)16(25)9-13-5-6-15(24)14(8-13)22(2)18-10-23(18,20(26)31)33-21(27)30-22;1-2-3-4-5/h8-9,12-13,15-16,23H,10-11,14,17H2,1-7H3,(H2,34,39);5-6,8-9,11-12,18H,7,10H2,1-2H3,(H2,26,31)(H2,27,30);5H,4H2,1H3/b21-13-;16-9-;/t23-,29+,30-;18-,22+,23-;/m00./s1. The van der Waals surface area contributed by atoms with Crippen LogP contribution >= 0.6 is 35.1 Å². The highest BCUT2D eigenvalue weighted by atomic mass is 35.5. The maximum absolute atomic E-state index is 15.6. The van der Waals surface area contributed by atoms with Crippen LogP contribution < -0.4 is 21.9 Å². The Labute approximate surface area is 488 Å². The van der Waals surface area contributed by atoms with E-state index in [1.54, 1.807) is 48.5 Å². The van der Waals surface area contributed by atoms with Crippen molar-refractivity contribution < 1.29 is 51.3 Å². The van der Waals surface area contributed by atoms with E-state index < -0.39 is 81.4 Å². The van der Waals surface area contributed by atoms with Gasteiger partial charge >= 0.3 is 6.09 Å². The Morgan fingerprint density at radius 1 is 0.817 bits per heavy atom. The van der Waals surface area contributed by atoms with E-state index in [0.717, 1.165) is 29.6 Å². The number of fused-ring (bicyclic) bond motifs is 2. The second-order valence-corrected chi connectivity index (χ2v) is 30.5. The Kier molecular flexibility index (Phi) is 20.6. The van der Waals surface area contributed by atoms with Gasteiger partial charge in [-0.2, -0.15) is 0 Å². The number of ether oxygens (including phenoxy) is 3. The smallest absolute Gasteiger partial charge is 0.418 e. The average Bonchev–Trinajstić information content (AvgIpc) is 2.10. The fourth-order valence-electron chi connectivity index (χ4n) is 8.98. The molecule has 82 heavy (non-hydrogen) atoms. The quantitative estimate of drug-likeness (QED) is 0.0284. The molecule has 3 amide bonds. The number of hydrogen-bond donors (Lipinski definition) is 4. The topological polar surface area (TPSA) is 257 Å². The number of aliphatic hydroxyl groups is 1. The van der Waals surface area contributed by atoms with Crippen molar-refractivity contribution in [3.63, 3.8) is 0 Å². The van der Waals surface area contributed by atoms with E-state index in [9.17, 15) is 23.2 Å². The number of benzene rings is 2. The maximum Gasteiger partial charge on any atom is 0.418 e. The first-order valence-electron chi connectivity index (χ1n) is 25.6. The van der Waals surface area contributed by atoms with Gasteiger partial charge in [-0.05, 0) is 115 Å². The SMILES string of the molecule is CC#CCO.CC#CCOc1cnc(/C(F)=C/c2ccc(F)c([C@@]3(C)N=C(N)S[C@@]4(C(N)=O)C[C@H]43)c2)cn1.CC(C)(C)OC(=O)N(COCC[Si](C)(C)C)C1=N[C@](C)(c2cc(/C=C(\F)c3cnc(Cl)cn3)ccc2F)[C@@H]2C[C@]2(C(N)=O)S1. The van der Waals surface area contributed by atoms with Crippen molar-refractivity contribution in [2.24, 2.45) is 39.0 Å². The van der Waals surface area contributed by atoms with E-state index in [1.807, 2.05) is 0 Å². The first kappa shape index (κ1) is 64.4. The number of carbonyl (C=O) groups is 3. The summed E-state index contributed by atoms with van der Waals surface area (Å²) in [6, 6.07) is 9.14. The van der Waals surface area contributed by atoms with E-state index in [4.69, 9.17) is 53.1 Å². The van der Waals surface area contributed by atoms with Crippen molar-refractivity contribution in [1.82, 2.24) is 24.8 Å². The summed E-state index contributed by atoms with van der Waals surface area (Å²) in [4.78, 5) is 64.8. The number of primary amides is 2. The maximum atomic E-state index is 15.6. The van der Waals surface area contributed by atoms with Gasteiger partial charge in [-0.1, -0.05) is 78.7 Å². The molecule has 8 rings (SSSR count). The van der Waals surface area contributed by atoms with Crippen LogP contribution in [0.4, 0.5) is 22.4 Å². The number of carbonyl (C=O) groups excluding carboxylic acids is 3. The highest BCUT2D eigenvalue weighted by Crippen LogP contribution is 2.67. The molecule has 2 aromatic heterocycles. The average molecular weight is 1210 g/mol. The summed E-state index contributed by atoms with van der Waals surface area (Å²) in [5.41, 5.74) is 15.2. The molecule has 7 N–H and O–H groups in total. The number of amidine groups is 2. The van der Waals surface area contributed by atoms with Gasteiger partial charge in [0.1, 0.15) is 56.6 Å². The highest BCUT2D eigenvalue weighted by molar-refractivity contribution is 8.16. The number of amides is 3. The molecule has 4 aliphatic rings. The van der Waals surface area contributed by atoms with Crippen molar-refractivity contribution in [3.05, 3.63) is 112 Å². The Hall–Kier alpha value is -6.80. The fraction of sp³-hybridized carbons (Fsp3) is 0.421. The summed E-state index contributed by atoms with van der Waals surface area (Å²) in [6.45, 7) is 19.0. The Bertz CT molecular complexity index is 3330. The van der Waals surface area contributed by atoms with Gasteiger partial charge in [0.05, 0.1) is 35.9 Å². The van der Waals surface area contributed by atoms with Gasteiger partial charge in [0, 0.05) is 37.6 Å². The number of thioether (sulfide) groups is 2. The summed E-state index contributed by atoms with van der Waals surface area (Å²) < 4.78 is 75.2. The number of rotatable bonds is 15. The van der Waals surface area contributed by atoms with Gasteiger partial charge in [0.2, 0.25) is 17.7 Å². The van der Waals surface area contributed by atoms with Gasteiger partial charge in [-0.25, -0.2) is 47.2 Å². The highest BCUT2D eigenvalue weighted by Gasteiger charge is 2.71. The summed E-state index contributed by atoms with van der Waals surface area (Å²) in [5.74, 6) is 6.18. The van der Waals surface area contributed by atoms with Crippen molar-refractivity contribution in [1.29, 1.82) is 0 Å². The third-order valence-electron chi connectivity index (χ3n) is 13.4. The molecule has 0 radical (unpaired) electrons. The molecule has 4 aromatic rings.